The minimum absolute atomic E-state index is 0.234. The van der Waals surface area contributed by atoms with E-state index in [0.29, 0.717) is 14.0 Å². The smallest absolute Gasteiger partial charge is 0.337 e. The van der Waals surface area contributed by atoms with Gasteiger partial charge in [0.2, 0.25) is 0 Å². The van der Waals surface area contributed by atoms with Gasteiger partial charge in [0.15, 0.2) is 6.10 Å². The average molecular weight is 344 g/mol. The van der Waals surface area contributed by atoms with Crippen molar-refractivity contribution in [3.63, 3.8) is 0 Å². The molecule has 0 saturated heterocycles. The van der Waals surface area contributed by atoms with E-state index >= 15 is 0 Å². The second kappa shape index (κ2) is 4.61. The first kappa shape index (κ1) is 12.0. The third-order valence-corrected chi connectivity index (χ3v) is 4.09. The van der Waals surface area contributed by atoms with Gasteiger partial charge in [0.05, 0.1) is 9.50 Å². The molecule has 3 nitrogen and oxygen atoms in total. The molecule has 2 N–H and O–H groups in total. The summed E-state index contributed by atoms with van der Waals surface area (Å²) in [5.74, 6) is -1.31. The van der Waals surface area contributed by atoms with E-state index in [1.165, 1.54) is 12.1 Å². The van der Waals surface area contributed by atoms with Crippen molar-refractivity contribution in [3.05, 3.63) is 31.7 Å². The molecule has 0 aromatic heterocycles. The Labute approximate surface area is 102 Å². The van der Waals surface area contributed by atoms with Crippen LogP contribution in [0.5, 0.6) is 0 Å². The van der Waals surface area contributed by atoms with E-state index in [1.807, 2.05) is 0 Å². The molecule has 0 radical (unpaired) electrons. The van der Waals surface area contributed by atoms with Crippen molar-refractivity contribution < 1.29 is 15.0 Å². The van der Waals surface area contributed by atoms with Crippen LogP contribution in [-0.4, -0.2) is 16.2 Å². The van der Waals surface area contributed by atoms with Crippen LogP contribution < -0.4 is 0 Å². The monoisotopic (exact) mass is 342 g/mol. The number of aliphatic hydroxyl groups excluding tert-OH is 1. The van der Waals surface area contributed by atoms with Gasteiger partial charge in [0, 0.05) is 4.47 Å². The molecule has 0 aliphatic carbocycles. The van der Waals surface area contributed by atoms with Crippen LogP contribution in [0.2, 0.25) is 5.02 Å². The van der Waals surface area contributed by atoms with E-state index in [0.717, 1.165) is 0 Å². The molecule has 0 aliphatic rings. The standard InChI is InChI=1S/C8H5Br2ClO3/c9-4-1-3(7(12)8(13)14)2-5(11)6(4)10/h1-2,7,12H,(H,13,14). The van der Waals surface area contributed by atoms with E-state index in [2.05, 4.69) is 31.9 Å². The van der Waals surface area contributed by atoms with Crippen molar-refractivity contribution in [1.29, 1.82) is 0 Å². The molecule has 0 amide bonds. The Morgan fingerprint density at radius 3 is 2.43 bits per heavy atom. The van der Waals surface area contributed by atoms with Gasteiger partial charge in [-0.05, 0) is 49.6 Å². The van der Waals surface area contributed by atoms with Crippen molar-refractivity contribution in [1.82, 2.24) is 0 Å². The molecule has 1 rings (SSSR count). The zero-order valence-electron chi connectivity index (χ0n) is 6.67. The number of hydrogen-bond donors (Lipinski definition) is 2. The van der Waals surface area contributed by atoms with Crippen molar-refractivity contribution in [2.24, 2.45) is 0 Å². The molecule has 0 fully saturated rings. The highest BCUT2D eigenvalue weighted by Gasteiger charge is 2.18. The van der Waals surface area contributed by atoms with Crippen LogP contribution in [0.25, 0.3) is 0 Å². The first-order valence-corrected chi connectivity index (χ1v) is 5.45. The fraction of sp³-hybridized carbons (Fsp3) is 0.125. The Morgan fingerprint density at radius 1 is 1.43 bits per heavy atom. The van der Waals surface area contributed by atoms with E-state index in [9.17, 15) is 9.90 Å². The fourth-order valence-electron chi connectivity index (χ4n) is 0.876. The summed E-state index contributed by atoms with van der Waals surface area (Å²) in [5, 5.41) is 18.2. The molecule has 6 heteroatoms. The molecule has 76 valence electrons. The number of aliphatic hydroxyl groups is 1. The predicted molar refractivity (Wildman–Crippen MR) is 59.4 cm³/mol. The second-order valence-electron chi connectivity index (χ2n) is 2.54. The number of benzene rings is 1. The van der Waals surface area contributed by atoms with Gasteiger partial charge in [0.1, 0.15) is 0 Å². The average Bonchev–Trinajstić information content (AvgIpc) is 2.12. The Balaban J connectivity index is 3.19. The highest BCUT2D eigenvalue weighted by atomic mass is 79.9. The summed E-state index contributed by atoms with van der Waals surface area (Å²) in [6.45, 7) is 0. The van der Waals surface area contributed by atoms with Crippen LogP contribution in [0.4, 0.5) is 0 Å². The lowest BCUT2D eigenvalue weighted by molar-refractivity contribution is -0.146. The number of halogens is 3. The van der Waals surface area contributed by atoms with Gasteiger partial charge in [-0.25, -0.2) is 4.79 Å². The highest BCUT2D eigenvalue weighted by molar-refractivity contribution is 9.13. The van der Waals surface area contributed by atoms with E-state index in [1.54, 1.807) is 0 Å². The lowest BCUT2D eigenvalue weighted by atomic mass is 10.1. The lowest BCUT2D eigenvalue weighted by Crippen LogP contribution is -2.10. The molecule has 0 spiro atoms. The van der Waals surface area contributed by atoms with Crippen LogP contribution >= 0.6 is 43.5 Å². The van der Waals surface area contributed by atoms with Crippen molar-refractivity contribution in [3.8, 4) is 0 Å². The maximum atomic E-state index is 10.5. The predicted octanol–water partition coefficient (Wildman–Crippen LogP) is 2.98. The van der Waals surface area contributed by atoms with E-state index < -0.39 is 12.1 Å². The minimum atomic E-state index is -1.56. The van der Waals surface area contributed by atoms with Crippen molar-refractivity contribution in [2.45, 2.75) is 6.10 Å². The molecule has 0 bridgehead atoms. The fourth-order valence-corrected chi connectivity index (χ4v) is 1.92. The molecular formula is C8H5Br2ClO3. The van der Waals surface area contributed by atoms with Gasteiger partial charge < -0.3 is 10.2 Å². The number of carbonyl (C=O) groups is 1. The SMILES string of the molecule is O=C(O)C(O)c1cc(Cl)c(Br)c(Br)c1. The van der Waals surface area contributed by atoms with Crippen LogP contribution in [0.3, 0.4) is 0 Å². The third kappa shape index (κ3) is 2.48. The van der Waals surface area contributed by atoms with Gasteiger partial charge in [0.25, 0.3) is 0 Å². The van der Waals surface area contributed by atoms with Crippen molar-refractivity contribution >= 4 is 49.4 Å². The number of rotatable bonds is 2. The Kier molecular flexibility index (Phi) is 3.94. The van der Waals surface area contributed by atoms with Gasteiger partial charge in [-0.2, -0.15) is 0 Å². The molecule has 14 heavy (non-hydrogen) atoms. The first-order chi connectivity index (χ1) is 6.43. The quantitative estimate of drug-likeness (QED) is 0.811. The van der Waals surface area contributed by atoms with Gasteiger partial charge >= 0.3 is 5.97 Å². The van der Waals surface area contributed by atoms with Crippen LogP contribution in [0, 0.1) is 0 Å². The highest BCUT2D eigenvalue weighted by Crippen LogP contribution is 2.33. The second-order valence-corrected chi connectivity index (χ2v) is 4.59. The molecule has 0 saturated carbocycles. The lowest BCUT2D eigenvalue weighted by Gasteiger charge is -2.08. The van der Waals surface area contributed by atoms with Gasteiger partial charge in [-0.3, -0.25) is 0 Å². The maximum absolute atomic E-state index is 10.5. The van der Waals surface area contributed by atoms with Crippen LogP contribution in [0.1, 0.15) is 11.7 Å². The zero-order valence-corrected chi connectivity index (χ0v) is 10.6. The summed E-state index contributed by atoms with van der Waals surface area (Å²) in [7, 11) is 0. The maximum Gasteiger partial charge on any atom is 0.337 e. The minimum Gasteiger partial charge on any atom is -0.479 e. The van der Waals surface area contributed by atoms with Crippen LogP contribution in [0.15, 0.2) is 21.1 Å². The van der Waals surface area contributed by atoms with E-state index in [-0.39, 0.29) is 5.56 Å². The number of aliphatic carboxylic acids is 1. The largest absolute Gasteiger partial charge is 0.479 e. The number of hydrogen-bond acceptors (Lipinski definition) is 2. The Hall–Kier alpha value is -0.100. The van der Waals surface area contributed by atoms with Crippen LogP contribution in [-0.2, 0) is 4.79 Å². The normalized spacial score (nSPS) is 12.6. The molecule has 0 heterocycles. The van der Waals surface area contributed by atoms with Gasteiger partial charge in [-0.15, -0.1) is 0 Å². The molecule has 1 atom stereocenters. The number of carboxylic acid groups (broad SMARTS) is 1. The summed E-state index contributed by atoms with van der Waals surface area (Å²) in [4.78, 5) is 10.5. The first-order valence-electron chi connectivity index (χ1n) is 3.48. The summed E-state index contributed by atoms with van der Waals surface area (Å²) in [5.41, 5.74) is 0.234. The van der Waals surface area contributed by atoms with E-state index in [4.69, 9.17) is 16.7 Å². The Morgan fingerprint density at radius 2 is 2.00 bits per heavy atom. The number of carboxylic acids is 1. The summed E-state index contributed by atoms with van der Waals surface area (Å²) >= 11 is 12.2. The van der Waals surface area contributed by atoms with Gasteiger partial charge in [-0.1, -0.05) is 11.6 Å². The summed E-state index contributed by atoms with van der Waals surface area (Å²) in [6, 6.07) is 2.89. The zero-order chi connectivity index (χ0) is 10.9. The molecule has 1 unspecified atom stereocenters. The summed E-state index contributed by atoms with van der Waals surface area (Å²) < 4.78 is 1.22. The topological polar surface area (TPSA) is 57.5 Å². The molecule has 0 aliphatic heterocycles. The Bertz CT molecular complexity index is 358. The summed E-state index contributed by atoms with van der Waals surface area (Å²) in [6.07, 6.45) is -1.56. The molecule has 1 aromatic rings. The molecular weight excluding hydrogens is 339 g/mol. The third-order valence-electron chi connectivity index (χ3n) is 1.56. The molecule has 1 aromatic carbocycles. The van der Waals surface area contributed by atoms with Crippen molar-refractivity contribution in [2.75, 3.05) is 0 Å².